The molecule has 0 saturated carbocycles. The number of rotatable bonds is 5. The summed E-state index contributed by atoms with van der Waals surface area (Å²) in [5, 5.41) is 9.31. The van der Waals surface area contributed by atoms with E-state index in [4.69, 9.17) is 0 Å². The minimum Gasteiger partial charge on any atom is -0.388 e. The molecule has 0 radical (unpaired) electrons. The van der Waals surface area contributed by atoms with Crippen LogP contribution in [0, 0.1) is 0 Å². The number of carbonyl (C=O) groups excluding carboxylic acids is 1. The van der Waals surface area contributed by atoms with E-state index in [1.165, 1.54) is 6.92 Å². The molecule has 3 aromatic rings. The van der Waals surface area contributed by atoms with Crippen molar-refractivity contribution in [2.24, 2.45) is 0 Å². The smallest absolute Gasteiger partial charge is 0.221 e. The van der Waals surface area contributed by atoms with Gasteiger partial charge in [0.15, 0.2) is 0 Å². The monoisotopic (exact) mass is 345 g/mol. The van der Waals surface area contributed by atoms with Crippen LogP contribution in [-0.2, 0) is 4.79 Å². The maximum Gasteiger partial charge on any atom is 0.221 e. The molecule has 0 spiro atoms. The van der Waals surface area contributed by atoms with Gasteiger partial charge in [-0.2, -0.15) is 0 Å². The SMILES string of the molecule is CNc1cccc(-c2c(NC)cccc2-c2ccc(NC(C)=O)cc2)c1. The van der Waals surface area contributed by atoms with Gasteiger partial charge in [-0.05, 0) is 47.0 Å². The first-order valence-electron chi connectivity index (χ1n) is 8.59. The predicted octanol–water partition coefficient (Wildman–Crippen LogP) is 5.06. The van der Waals surface area contributed by atoms with Crippen molar-refractivity contribution in [1.29, 1.82) is 0 Å². The number of anilines is 3. The van der Waals surface area contributed by atoms with Gasteiger partial charge in [0, 0.05) is 43.6 Å². The first kappa shape index (κ1) is 17.5. The summed E-state index contributed by atoms with van der Waals surface area (Å²) in [4.78, 5) is 11.2. The van der Waals surface area contributed by atoms with Gasteiger partial charge in [0.05, 0.1) is 0 Å². The third-order valence-corrected chi connectivity index (χ3v) is 4.29. The molecule has 0 fully saturated rings. The van der Waals surface area contributed by atoms with Gasteiger partial charge in [0.2, 0.25) is 5.91 Å². The lowest BCUT2D eigenvalue weighted by molar-refractivity contribution is -0.114. The van der Waals surface area contributed by atoms with Crippen molar-refractivity contribution in [1.82, 2.24) is 0 Å². The highest BCUT2D eigenvalue weighted by atomic mass is 16.1. The molecule has 3 aromatic carbocycles. The molecule has 132 valence electrons. The number of amides is 1. The van der Waals surface area contributed by atoms with Gasteiger partial charge in [0.25, 0.3) is 0 Å². The summed E-state index contributed by atoms with van der Waals surface area (Å²) < 4.78 is 0. The van der Waals surface area contributed by atoms with E-state index in [0.717, 1.165) is 39.3 Å². The van der Waals surface area contributed by atoms with E-state index in [1.54, 1.807) is 0 Å². The van der Waals surface area contributed by atoms with Crippen molar-refractivity contribution < 1.29 is 4.79 Å². The molecule has 0 aliphatic heterocycles. The second-order valence-electron chi connectivity index (χ2n) is 6.07. The van der Waals surface area contributed by atoms with Crippen LogP contribution in [0.4, 0.5) is 17.1 Å². The minimum absolute atomic E-state index is 0.0699. The van der Waals surface area contributed by atoms with E-state index in [1.807, 2.05) is 50.5 Å². The fraction of sp³-hybridized carbons (Fsp3) is 0.136. The van der Waals surface area contributed by atoms with E-state index in [-0.39, 0.29) is 5.91 Å². The number of hydrogen-bond acceptors (Lipinski definition) is 3. The molecule has 4 nitrogen and oxygen atoms in total. The van der Waals surface area contributed by atoms with E-state index in [9.17, 15) is 4.79 Å². The van der Waals surface area contributed by atoms with Crippen LogP contribution in [0.1, 0.15) is 6.92 Å². The van der Waals surface area contributed by atoms with Crippen molar-refractivity contribution in [3.05, 3.63) is 66.7 Å². The largest absolute Gasteiger partial charge is 0.388 e. The summed E-state index contributed by atoms with van der Waals surface area (Å²) in [5.41, 5.74) is 7.47. The molecular formula is C22H23N3O. The Bertz CT molecular complexity index is 917. The van der Waals surface area contributed by atoms with E-state index in [0.29, 0.717) is 0 Å². The molecule has 3 N–H and O–H groups in total. The van der Waals surface area contributed by atoms with Gasteiger partial charge >= 0.3 is 0 Å². The number of hydrogen-bond donors (Lipinski definition) is 3. The van der Waals surface area contributed by atoms with E-state index in [2.05, 4.69) is 46.3 Å². The van der Waals surface area contributed by atoms with Gasteiger partial charge in [0.1, 0.15) is 0 Å². The van der Waals surface area contributed by atoms with Gasteiger partial charge in [-0.1, -0.05) is 36.4 Å². The molecule has 26 heavy (non-hydrogen) atoms. The standard InChI is InChI=1S/C22H23N3O/c1-15(26)25-18-12-10-16(11-13-18)20-8-5-9-21(24-3)22(20)17-6-4-7-19(14-17)23-2/h4-14,23-24H,1-3H3,(H,25,26). The first-order valence-corrected chi connectivity index (χ1v) is 8.59. The van der Waals surface area contributed by atoms with Crippen LogP contribution in [0.3, 0.4) is 0 Å². The van der Waals surface area contributed by atoms with Crippen molar-refractivity contribution >= 4 is 23.0 Å². The highest BCUT2D eigenvalue weighted by Gasteiger charge is 2.12. The van der Waals surface area contributed by atoms with Gasteiger partial charge in [-0.15, -0.1) is 0 Å². The number of nitrogens with one attached hydrogen (secondary N) is 3. The zero-order valence-electron chi connectivity index (χ0n) is 15.3. The average Bonchev–Trinajstić information content (AvgIpc) is 2.67. The maximum atomic E-state index is 11.2. The first-order chi connectivity index (χ1) is 12.6. The van der Waals surface area contributed by atoms with Crippen molar-refractivity contribution in [2.75, 3.05) is 30.0 Å². The second-order valence-corrected chi connectivity index (χ2v) is 6.07. The van der Waals surface area contributed by atoms with Crippen LogP contribution in [0.2, 0.25) is 0 Å². The summed E-state index contributed by atoms with van der Waals surface area (Å²) in [5.74, 6) is -0.0699. The Labute approximate surface area is 154 Å². The summed E-state index contributed by atoms with van der Waals surface area (Å²) in [6.07, 6.45) is 0. The predicted molar refractivity (Wildman–Crippen MR) is 111 cm³/mol. The quantitative estimate of drug-likeness (QED) is 0.606. The van der Waals surface area contributed by atoms with Crippen molar-refractivity contribution in [3.63, 3.8) is 0 Å². The van der Waals surface area contributed by atoms with Crippen LogP contribution in [0.15, 0.2) is 66.7 Å². The molecule has 1 amide bonds. The summed E-state index contributed by atoms with van der Waals surface area (Å²) in [6.45, 7) is 1.51. The Balaban J connectivity index is 2.11. The Morgan fingerprint density at radius 3 is 2.15 bits per heavy atom. The van der Waals surface area contributed by atoms with Crippen LogP contribution >= 0.6 is 0 Å². The molecule has 4 heteroatoms. The van der Waals surface area contributed by atoms with Gasteiger partial charge in [-0.25, -0.2) is 0 Å². The van der Waals surface area contributed by atoms with Crippen molar-refractivity contribution in [3.8, 4) is 22.3 Å². The lowest BCUT2D eigenvalue weighted by atomic mass is 9.92. The molecule has 0 aliphatic rings. The highest BCUT2D eigenvalue weighted by molar-refractivity contribution is 5.93. The van der Waals surface area contributed by atoms with E-state index >= 15 is 0 Å². The molecule has 3 rings (SSSR count). The molecule has 0 aromatic heterocycles. The number of benzene rings is 3. The fourth-order valence-electron chi connectivity index (χ4n) is 3.08. The van der Waals surface area contributed by atoms with Gasteiger partial charge < -0.3 is 16.0 Å². The minimum atomic E-state index is -0.0699. The Morgan fingerprint density at radius 2 is 1.50 bits per heavy atom. The van der Waals surface area contributed by atoms with Crippen LogP contribution < -0.4 is 16.0 Å². The molecule has 0 bridgehead atoms. The Hall–Kier alpha value is -3.27. The van der Waals surface area contributed by atoms with Crippen molar-refractivity contribution in [2.45, 2.75) is 6.92 Å². The highest BCUT2D eigenvalue weighted by Crippen LogP contribution is 2.38. The van der Waals surface area contributed by atoms with Crippen LogP contribution in [-0.4, -0.2) is 20.0 Å². The lowest BCUT2D eigenvalue weighted by Gasteiger charge is -2.16. The fourth-order valence-corrected chi connectivity index (χ4v) is 3.08. The third-order valence-electron chi connectivity index (χ3n) is 4.29. The average molecular weight is 345 g/mol. The molecular weight excluding hydrogens is 322 g/mol. The molecule has 0 aliphatic carbocycles. The Morgan fingerprint density at radius 1 is 0.769 bits per heavy atom. The summed E-state index contributed by atoms with van der Waals surface area (Å²) >= 11 is 0. The zero-order valence-corrected chi connectivity index (χ0v) is 15.3. The lowest BCUT2D eigenvalue weighted by Crippen LogP contribution is -2.05. The molecule has 0 unspecified atom stereocenters. The molecule has 0 heterocycles. The zero-order chi connectivity index (χ0) is 18.5. The third kappa shape index (κ3) is 3.70. The van der Waals surface area contributed by atoms with Crippen LogP contribution in [0.5, 0.6) is 0 Å². The summed E-state index contributed by atoms with van der Waals surface area (Å²) in [6, 6.07) is 22.5. The van der Waals surface area contributed by atoms with Gasteiger partial charge in [-0.3, -0.25) is 4.79 Å². The Kier molecular flexibility index (Phi) is 5.23. The molecule has 0 atom stereocenters. The normalized spacial score (nSPS) is 10.3. The van der Waals surface area contributed by atoms with Crippen LogP contribution in [0.25, 0.3) is 22.3 Å². The number of carbonyl (C=O) groups is 1. The summed E-state index contributed by atoms with van der Waals surface area (Å²) in [7, 11) is 3.86. The molecule has 0 saturated heterocycles. The second kappa shape index (κ2) is 7.74. The maximum absolute atomic E-state index is 11.2. The van der Waals surface area contributed by atoms with E-state index < -0.39 is 0 Å². The topological polar surface area (TPSA) is 53.2 Å².